The molecule has 30 heavy (non-hydrogen) atoms. The summed E-state index contributed by atoms with van der Waals surface area (Å²) in [6.07, 6.45) is 4.56. The van der Waals surface area contributed by atoms with E-state index >= 15 is 0 Å². The van der Waals surface area contributed by atoms with E-state index in [0.717, 1.165) is 32.4 Å². The van der Waals surface area contributed by atoms with Crippen LogP contribution in [0.15, 0.2) is 63.9 Å². The van der Waals surface area contributed by atoms with Crippen LogP contribution in [0.2, 0.25) is 0 Å². The number of hydrogen-bond acceptors (Lipinski definition) is 4. The number of nitrogens with one attached hydrogen (secondary N) is 1. The molecular formula is C23H27N3O3S. The first-order chi connectivity index (χ1) is 14.5. The van der Waals surface area contributed by atoms with Crippen molar-refractivity contribution in [1.82, 2.24) is 4.90 Å². The Morgan fingerprint density at radius 2 is 1.73 bits per heavy atom. The number of likely N-dealkylation sites (tertiary alicyclic amines) is 1. The van der Waals surface area contributed by atoms with Crippen LogP contribution < -0.4 is 5.32 Å². The van der Waals surface area contributed by atoms with Gasteiger partial charge in [-0.25, -0.2) is 0 Å². The number of amides is 1. The van der Waals surface area contributed by atoms with Gasteiger partial charge in [-0.3, -0.25) is 4.79 Å². The monoisotopic (exact) mass is 425 g/mol. The topological polar surface area (TPSA) is 78.8 Å². The minimum absolute atomic E-state index is 0.146. The van der Waals surface area contributed by atoms with E-state index in [9.17, 15) is 13.2 Å². The summed E-state index contributed by atoms with van der Waals surface area (Å²) in [6.45, 7) is 1.61. The number of rotatable bonds is 6. The zero-order valence-corrected chi connectivity index (χ0v) is 17.8. The number of piperidine rings is 1. The van der Waals surface area contributed by atoms with E-state index < -0.39 is 10.0 Å². The van der Waals surface area contributed by atoms with Crippen molar-refractivity contribution in [3.8, 4) is 0 Å². The second-order valence-corrected chi connectivity index (χ2v) is 9.57. The van der Waals surface area contributed by atoms with Crippen molar-refractivity contribution < 1.29 is 13.2 Å². The highest BCUT2D eigenvalue weighted by Gasteiger charge is 2.25. The van der Waals surface area contributed by atoms with Gasteiger partial charge in [-0.05, 0) is 49.3 Å². The summed E-state index contributed by atoms with van der Waals surface area (Å²) in [5.74, 6) is 1.18. The summed E-state index contributed by atoms with van der Waals surface area (Å²) in [4.78, 5) is 14.7. The highest BCUT2D eigenvalue weighted by molar-refractivity contribution is 7.90. The van der Waals surface area contributed by atoms with Gasteiger partial charge in [0.05, 0.1) is 5.69 Å². The van der Waals surface area contributed by atoms with E-state index in [0.29, 0.717) is 36.7 Å². The number of nitrogens with zero attached hydrogens (tertiary/aromatic N) is 2. The Labute approximate surface area is 178 Å². The molecule has 0 radical (unpaired) electrons. The Morgan fingerprint density at radius 3 is 2.50 bits per heavy atom. The van der Waals surface area contributed by atoms with Gasteiger partial charge < -0.3 is 10.2 Å². The van der Waals surface area contributed by atoms with Gasteiger partial charge in [-0.1, -0.05) is 42.5 Å². The fourth-order valence-electron chi connectivity index (χ4n) is 4.17. The number of anilines is 1. The number of amidine groups is 1. The van der Waals surface area contributed by atoms with Crippen molar-refractivity contribution >= 4 is 27.5 Å². The van der Waals surface area contributed by atoms with E-state index in [1.807, 2.05) is 11.0 Å². The minimum atomic E-state index is -3.66. The molecule has 2 aromatic rings. The maximum absolute atomic E-state index is 12.6. The van der Waals surface area contributed by atoms with Crippen molar-refractivity contribution in [2.45, 2.75) is 43.4 Å². The molecule has 7 heteroatoms. The molecule has 0 aliphatic carbocycles. The molecule has 2 heterocycles. The number of carbonyl (C=O) groups is 1. The lowest BCUT2D eigenvalue weighted by Crippen LogP contribution is -2.38. The number of hydrogen-bond donors (Lipinski definition) is 1. The highest BCUT2D eigenvalue weighted by atomic mass is 32.2. The number of fused-ring (bicyclic) bond motifs is 1. The van der Waals surface area contributed by atoms with Gasteiger partial charge in [0.25, 0.3) is 10.0 Å². The van der Waals surface area contributed by atoms with Crippen LogP contribution in [0.5, 0.6) is 0 Å². The lowest BCUT2D eigenvalue weighted by Gasteiger charge is -2.32. The molecule has 0 bridgehead atoms. The second kappa shape index (κ2) is 9.00. The average Bonchev–Trinajstić information content (AvgIpc) is 2.74. The predicted molar refractivity (Wildman–Crippen MR) is 118 cm³/mol. The summed E-state index contributed by atoms with van der Waals surface area (Å²) in [5.41, 5.74) is 1.91. The first-order valence-electron chi connectivity index (χ1n) is 10.5. The van der Waals surface area contributed by atoms with Gasteiger partial charge in [0.15, 0.2) is 0 Å². The molecule has 2 aliphatic rings. The zero-order chi connectivity index (χ0) is 21.0. The number of para-hydroxylation sites is 1. The molecule has 0 unspecified atom stereocenters. The SMILES string of the molecule is O=C(CCCC1=NS(=O)(=O)c2ccccc2N1)N1CCC(Cc2ccccc2)CC1. The van der Waals surface area contributed by atoms with Crippen molar-refractivity contribution in [2.24, 2.45) is 10.3 Å². The third kappa shape index (κ3) is 4.90. The lowest BCUT2D eigenvalue weighted by molar-refractivity contribution is -0.132. The summed E-state index contributed by atoms with van der Waals surface area (Å²) in [5, 5.41) is 3.08. The summed E-state index contributed by atoms with van der Waals surface area (Å²) in [6, 6.07) is 17.3. The second-order valence-electron chi connectivity index (χ2n) is 8.00. The van der Waals surface area contributed by atoms with Crippen molar-refractivity contribution in [1.29, 1.82) is 0 Å². The first kappa shape index (κ1) is 20.6. The molecule has 0 saturated carbocycles. The molecule has 1 N–H and O–H groups in total. The predicted octanol–water partition coefficient (Wildman–Crippen LogP) is 3.85. The molecule has 6 nitrogen and oxygen atoms in total. The first-order valence-corrected chi connectivity index (χ1v) is 12.0. The van der Waals surface area contributed by atoms with E-state index in [2.05, 4.69) is 34.0 Å². The normalized spacial score (nSPS) is 18.3. The average molecular weight is 426 g/mol. The van der Waals surface area contributed by atoms with Gasteiger partial charge in [-0.15, -0.1) is 4.40 Å². The van der Waals surface area contributed by atoms with Gasteiger partial charge in [0, 0.05) is 25.9 Å². The molecule has 1 saturated heterocycles. The molecule has 4 rings (SSSR count). The highest BCUT2D eigenvalue weighted by Crippen LogP contribution is 2.27. The van der Waals surface area contributed by atoms with E-state index in [1.165, 1.54) is 5.56 Å². The molecule has 2 aromatic carbocycles. The van der Waals surface area contributed by atoms with Gasteiger partial charge in [-0.2, -0.15) is 8.42 Å². The minimum Gasteiger partial charge on any atom is -0.343 e. The molecule has 1 fully saturated rings. The lowest BCUT2D eigenvalue weighted by atomic mass is 9.90. The van der Waals surface area contributed by atoms with E-state index in [4.69, 9.17) is 0 Å². The standard InChI is InChI=1S/C23H27N3O3S/c27-23(26-15-13-19(14-16-26)17-18-7-2-1-3-8-18)12-6-11-22-24-20-9-4-5-10-21(20)30(28,29)25-22/h1-5,7-10,19H,6,11-17H2,(H,24,25). The Hall–Kier alpha value is -2.67. The third-order valence-electron chi connectivity index (χ3n) is 5.81. The van der Waals surface area contributed by atoms with E-state index in [-0.39, 0.29) is 10.8 Å². The van der Waals surface area contributed by atoms with E-state index in [1.54, 1.807) is 24.3 Å². The third-order valence-corrected chi connectivity index (χ3v) is 7.19. The van der Waals surface area contributed by atoms with Crippen LogP contribution in [0.25, 0.3) is 0 Å². The fourth-order valence-corrected chi connectivity index (χ4v) is 5.35. The fraction of sp³-hybridized carbons (Fsp3) is 0.391. The van der Waals surface area contributed by atoms with Gasteiger partial charge >= 0.3 is 0 Å². The Bertz CT molecular complexity index is 1030. The Balaban J connectivity index is 1.23. The number of sulfonamides is 1. The summed E-state index contributed by atoms with van der Waals surface area (Å²) < 4.78 is 28.4. The van der Waals surface area contributed by atoms with Gasteiger partial charge in [0.2, 0.25) is 5.91 Å². The molecule has 158 valence electrons. The molecule has 1 amide bonds. The largest absolute Gasteiger partial charge is 0.343 e. The molecule has 0 spiro atoms. The maximum atomic E-state index is 12.6. The molecule has 0 aromatic heterocycles. The van der Waals surface area contributed by atoms with Crippen LogP contribution in [0.3, 0.4) is 0 Å². The Morgan fingerprint density at radius 1 is 1.03 bits per heavy atom. The summed E-state index contributed by atoms with van der Waals surface area (Å²) in [7, 11) is -3.66. The smallest absolute Gasteiger partial charge is 0.286 e. The molecule has 0 atom stereocenters. The van der Waals surface area contributed by atoms with Crippen LogP contribution in [-0.4, -0.2) is 38.2 Å². The Kier molecular flexibility index (Phi) is 6.18. The summed E-state index contributed by atoms with van der Waals surface area (Å²) >= 11 is 0. The number of benzene rings is 2. The van der Waals surface area contributed by atoms with Crippen molar-refractivity contribution in [3.63, 3.8) is 0 Å². The number of carbonyl (C=O) groups excluding carboxylic acids is 1. The van der Waals surface area contributed by atoms with Crippen LogP contribution in [-0.2, 0) is 21.2 Å². The molecule has 2 aliphatic heterocycles. The van der Waals surface area contributed by atoms with Gasteiger partial charge in [0.1, 0.15) is 10.7 Å². The van der Waals surface area contributed by atoms with Crippen LogP contribution in [0.4, 0.5) is 5.69 Å². The van der Waals surface area contributed by atoms with Crippen LogP contribution >= 0.6 is 0 Å². The quantitative estimate of drug-likeness (QED) is 0.762. The van der Waals surface area contributed by atoms with Crippen molar-refractivity contribution in [3.05, 3.63) is 60.2 Å². The zero-order valence-electron chi connectivity index (χ0n) is 17.0. The van der Waals surface area contributed by atoms with Crippen LogP contribution in [0.1, 0.15) is 37.7 Å². The maximum Gasteiger partial charge on any atom is 0.286 e. The molecular weight excluding hydrogens is 398 g/mol. The van der Waals surface area contributed by atoms with Crippen molar-refractivity contribution in [2.75, 3.05) is 18.4 Å². The van der Waals surface area contributed by atoms with Crippen LogP contribution in [0, 0.1) is 5.92 Å².